The van der Waals surface area contributed by atoms with Gasteiger partial charge in [-0.2, -0.15) is 5.10 Å². The van der Waals surface area contributed by atoms with Crippen LogP contribution in [0.5, 0.6) is 0 Å². The minimum Gasteiger partial charge on any atom is -0.284 e. The Morgan fingerprint density at radius 1 is 1.10 bits per heavy atom. The molecule has 5 nitrogen and oxygen atoms in total. The fourth-order valence-electron chi connectivity index (χ4n) is 3.54. The van der Waals surface area contributed by atoms with Gasteiger partial charge in [-0.1, -0.05) is 54.6 Å². The molecule has 156 valence electrons. The van der Waals surface area contributed by atoms with Crippen LogP contribution in [0.3, 0.4) is 0 Å². The first-order chi connectivity index (χ1) is 15.1. The molecule has 0 aliphatic carbocycles. The first-order valence-corrected chi connectivity index (χ1v) is 11.0. The normalized spacial score (nSPS) is 10.8. The van der Waals surface area contributed by atoms with Gasteiger partial charge in [0.2, 0.25) is 5.91 Å². The van der Waals surface area contributed by atoms with E-state index >= 15 is 0 Å². The summed E-state index contributed by atoms with van der Waals surface area (Å²) in [5.41, 5.74) is 5.66. The predicted molar refractivity (Wildman–Crippen MR) is 127 cm³/mol. The number of nitrogens with zero attached hydrogens (tertiary/aromatic N) is 4. The van der Waals surface area contributed by atoms with E-state index in [1.54, 1.807) is 11.0 Å². The van der Waals surface area contributed by atoms with Gasteiger partial charge < -0.3 is 0 Å². The van der Waals surface area contributed by atoms with Crippen LogP contribution in [0, 0.1) is 13.8 Å². The zero-order chi connectivity index (χ0) is 21.8. The molecule has 0 spiro atoms. The van der Waals surface area contributed by atoms with Crippen molar-refractivity contribution in [2.24, 2.45) is 0 Å². The summed E-state index contributed by atoms with van der Waals surface area (Å²) in [5, 5.41) is 7.33. The monoisotopic (exact) mass is 428 g/mol. The molecule has 6 heteroatoms. The van der Waals surface area contributed by atoms with Crippen LogP contribution in [-0.2, 0) is 11.2 Å². The molecule has 1 amide bonds. The molecule has 4 aromatic rings. The van der Waals surface area contributed by atoms with Crippen molar-refractivity contribution >= 4 is 22.4 Å². The first kappa shape index (κ1) is 20.8. The number of benzene rings is 2. The molecule has 0 atom stereocenters. The molecular formula is C25H24N4OS. The van der Waals surface area contributed by atoms with E-state index in [1.165, 1.54) is 11.3 Å². The van der Waals surface area contributed by atoms with Gasteiger partial charge in [-0.15, -0.1) is 17.9 Å². The average Bonchev–Trinajstić information content (AvgIpc) is 3.39. The number of aromatic nitrogens is 3. The molecular weight excluding hydrogens is 404 g/mol. The third kappa shape index (κ3) is 4.34. The third-order valence-electron chi connectivity index (χ3n) is 5.18. The fourth-order valence-corrected chi connectivity index (χ4v) is 4.40. The molecule has 2 heterocycles. The van der Waals surface area contributed by atoms with Gasteiger partial charge in [-0.25, -0.2) is 9.67 Å². The fraction of sp³-hybridized carbons (Fsp3) is 0.160. The summed E-state index contributed by atoms with van der Waals surface area (Å²) in [7, 11) is 0. The summed E-state index contributed by atoms with van der Waals surface area (Å²) in [6.45, 7) is 8.19. The molecule has 2 aromatic heterocycles. The Bertz CT molecular complexity index is 1200. The van der Waals surface area contributed by atoms with Crippen molar-refractivity contribution in [2.75, 3.05) is 11.4 Å². The van der Waals surface area contributed by atoms with E-state index in [-0.39, 0.29) is 12.3 Å². The van der Waals surface area contributed by atoms with Crippen LogP contribution in [0.1, 0.15) is 17.0 Å². The Labute approximate surface area is 186 Å². The van der Waals surface area contributed by atoms with E-state index in [4.69, 9.17) is 4.98 Å². The second kappa shape index (κ2) is 9.10. The lowest BCUT2D eigenvalue weighted by atomic mass is 10.1. The highest BCUT2D eigenvalue weighted by molar-refractivity contribution is 7.14. The quantitative estimate of drug-likeness (QED) is 0.372. The molecule has 0 saturated carbocycles. The molecule has 31 heavy (non-hydrogen) atoms. The topological polar surface area (TPSA) is 51.0 Å². The molecule has 0 N–H and O–H groups in total. The highest BCUT2D eigenvalue weighted by Crippen LogP contribution is 2.28. The van der Waals surface area contributed by atoms with Crippen LogP contribution in [0.25, 0.3) is 16.9 Å². The van der Waals surface area contributed by atoms with Crippen molar-refractivity contribution in [3.63, 3.8) is 0 Å². The van der Waals surface area contributed by atoms with Gasteiger partial charge in [0.1, 0.15) is 0 Å². The second-order valence-electron chi connectivity index (χ2n) is 7.25. The van der Waals surface area contributed by atoms with E-state index in [1.807, 2.05) is 84.6 Å². The highest BCUT2D eigenvalue weighted by Gasteiger charge is 2.22. The van der Waals surface area contributed by atoms with E-state index in [9.17, 15) is 4.79 Å². The van der Waals surface area contributed by atoms with Crippen LogP contribution in [0.15, 0.2) is 78.7 Å². The van der Waals surface area contributed by atoms with E-state index in [2.05, 4.69) is 11.7 Å². The van der Waals surface area contributed by atoms with Gasteiger partial charge in [-0.05, 0) is 26.0 Å². The smallest absolute Gasteiger partial charge is 0.233 e. The Morgan fingerprint density at radius 3 is 2.45 bits per heavy atom. The molecule has 0 saturated heterocycles. The van der Waals surface area contributed by atoms with Crippen molar-refractivity contribution in [1.82, 2.24) is 14.8 Å². The Kier molecular flexibility index (Phi) is 6.09. The van der Waals surface area contributed by atoms with Gasteiger partial charge in [-0.3, -0.25) is 9.69 Å². The number of hydrogen-bond acceptors (Lipinski definition) is 4. The molecule has 0 radical (unpaired) electrons. The highest BCUT2D eigenvalue weighted by atomic mass is 32.1. The summed E-state index contributed by atoms with van der Waals surface area (Å²) in [6.07, 6.45) is 1.99. The standard InChI is InChI=1S/C25H24N4OS/c1-4-15-28(25-26-23(17-31-25)20-11-7-5-8-12-20)24(30)16-22-18(2)27-29(19(22)3)21-13-9-6-10-14-21/h4-14,17H,1,15-16H2,2-3H3. The van der Waals surface area contributed by atoms with Gasteiger partial charge in [0, 0.05) is 28.7 Å². The van der Waals surface area contributed by atoms with Gasteiger partial charge in [0.05, 0.1) is 23.5 Å². The lowest BCUT2D eigenvalue weighted by molar-refractivity contribution is -0.117. The predicted octanol–water partition coefficient (Wildman–Crippen LogP) is 5.37. The summed E-state index contributed by atoms with van der Waals surface area (Å²) >= 11 is 1.47. The number of carbonyl (C=O) groups excluding carboxylic acids is 1. The number of carbonyl (C=O) groups is 1. The van der Waals surface area contributed by atoms with Crippen LogP contribution in [-0.4, -0.2) is 27.2 Å². The molecule has 4 rings (SSSR count). The van der Waals surface area contributed by atoms with Crippen LogP contribution in [0.4, 0.5) is 5.13 Å². The van der Waals surface area contributed by atoms with Crippen LogP contribution in [0.2, 0.25) is 0 Å². The molecule has 0 aliphatic rings. The molecule has 0 aliphatic heterocycles. The second-order valence-corrected chi connectivity index (χ2v) is 8.08. The maximum absolute atomic E-state index is 13.3. The van der Waals surface area contributed by atoms with Crippen molar-refractivity contribution in [3.8, 4) is 16.9 Å². The zero-order valence-corrected chi connectivity index (χ0v) is 18.5. The number of para-hydroxylation sites is 1. The van der Waals surface area contributed by atoms with E-state index in [0.717, 1.165) is 33.9 Å². The number of hydrogen-bond donors (Lipinski definition) is 0. The van der Waals surface area contributed by atoms with Crippen molar-refractivity contribution in [2.45, 2.75) is 20.3 Å². The summed E-state index contributed by atoms with van der Waals surface area (Å²) in [6, 6.07) is 19.9. The zero-order valence-electron chi connectivity index (χ0n) is 17.7. The number of anilines is 1. The van der Waals surface area contributed by atoms with Crippen molar-refractivity contribution in [1.29, 1.82) is 0 Å². The van der Waals surface area contributed by atoms with Crippen LogP contribution >= 0.6 is 11.3 Å². The summed E-state index contributed by atoms with van der Waals surface area (Å²) in [5.74, 6) is -0.0207. The summed E-state index contributed by atoms with van der Waals surface area (Å²) < 4.78 is 1.90. The molecule has 0 fully saturated rings. The lowest BCUT2D eigenvalue weighted by Gasteiger charge is -2.18. The minimum absolute atomic E-state index is 0.0207. The Balaban J connectivity index is 1.60. The van der Waals surface area contributed by atoms with Crippen molar-refractivity contribution in [3.05, 3.63) is 95.6 Å². The molecule has 0 unspecified atom stereocenters. The minimum atomic E-state index is -0.0207. The Hall–Kier alpha value is -3.51. The van der Waals surface area contributed by atoms with Gasteiger partial charge in [0.15, 0.2) is 5.13 Å². The third-order valence-corrected chi connectivity index (χ3v) is 6.04. The number of thiazole rings is 1. The SMILES string of the molecule is C=CCN(C(=O)Cc1c(C)nn(-c2ccccc2)c1C)c1nc(-c2ccccc2)cs1. The Morgan fingerprint density at radius 2 is 1.77 bits per heavy atom. The van der Waals surface area contributed by atoms with E-state index in [0.29, 0.717) is 11.7 Å². The maximum Gasteiger partial charge on any atom is 0.233 e. The first-order valence-electron chi connectivity index (χ1n) is 10.1. The van der Waals surface area contributed by atoms with Crippen LogP contribution < -0.4 is 4.90 Å². The summed E-state index contributed by atoms with van der Waals surface area (Å²) in [4.78, 5) is 19.7. The molecule has 0 bridgehead atoms. The maximum atomic E-state index is 13.3. The lowest BCUT2D eigenvalue weighted by Crippen LogP contribution is -2.32. The van der Waals surface area contributed by atoms with Gasteiger partial charge in [0.25, 0.3) is 0 Å². The van der Waals surface area contributed by atoms with Crippen molar-refractivity contribution < 1.29 is 4.79 Å². The largest absolute Gasteiger partial charge is 0.284 e. The number of amides is 1. The average molecular weight is 429 g/mol. The van der Waals surface area contributed by atoms with Gasteiger partial charge >= 0.3 is 0 Å². The van der Waals surface area contributed by atoms with E-state index < -0.39 is 0 Å². The number of rotatable bonds is 7. The molecule has 2 aromatic carbocycles. The number of aryl methyl sites for hydroxylation is 1.